The van der Waals surface area contributed by atoms with Crippen LogP contribution in [0.5, 0.6) is 0 Å². The molecule has 0 heterocycles. The van der Waals surface area contributed by atoms with E-state index in [1.807, 2.05) is 25.7 Å². The second-order valence-corrected chi connectivity index (χ2v) is 6.95. The van der Waals surface area contributed by atoms with Gasteiger partial charge in [0.1, 0.15) is 0 Å². The zero-order chi connectivity index (χ0) is 22.3. The Morgan fingerprint density at radius 2 is 1.79 bits per heavy atom. The summed E-state index contributed by atoms with van der Waals surface area (Å²) in [4.78, 5) is 32.7. The number of carbonyl (C=O) groups is 2. The van der Waals surface area contributed by atoms with Crippen LogP contribution in [0.15, 0.2) is 0 Å². The molecule has 1 rings (SSSR count). The molecule has 12 heteroatoms. The zero-order valence-corrected chi connectivity index (χ0v) is 20.2. The summed E-state index contributed by atoms with van der Waals surface area (Å²) in [7, 11) is -3.04. The van der Waals surface area contributed by atoms with Crippen molar-refractivity contribution in [3.8, 4) is 0 Å². The van der Waals surface area contributed by atoms with Crippen LogP contribution >= 0.6 is 8.25 Å². The molecule has 29 heavy (non-hydrogen) atoms. The van der Waals surface area contributed by atoms with Gasteiger partial charge in [-0.15, -0.1) is 0 Å². The molecule has 0 amide bonds. The third-order valence-electron chi connectivity index (χ3n) is 4.60. The molecule has 4 N–H and O–H groups in total. The van der Waals surface area contributed by atoms with E-state index in [4.69, 9.17) is 30.7 Å². The van der Waals surface area contributed by atoms with Crippen molar-refractivity contribution in [3.05, 3.63) is 12.7 Å². The average molecular weight is 622 g/mol. The largest absolute Gasteiger partial charge is 2.00 e. The Kier molecular flexibility index (Phi) is 22.3. The molecule has 1 aliphatic rings. The fourth-order valence-corrected chi connectivity index (χ4v) is 3.10. The van der Waals surface area contributed by atoms with E-state index in [-0.39, 0.29) is 41.0 Å². The van der Waals surface area contributed by atoms with Crippen molar-refractivity contribution < 1.29 is 61.7 Å². The van der Waals surface area contributed by atoms with Gasteiger partial charge in [-0.1, -0.05) is 40.0 Å². The predicted molar refractivity (Wildman–Crippen MR) is 105 cm³/mol. The van der Waals surface area contributed by atoms with Crippen LogP contribution in [0.1, 0.15) is 54.3 Å². The molecular weight excluding hydrogens is 586 g/mol. The van der Waals surface area contributed by atoms with Crippen LogP contribution in [0.2, 0.25) is 0 Å². The number of hydrogen-bond acceptors (Lipinski definition) is 7. The van der Waals surface area contributed by atoms with Crippen molar-refractivity contribution in [2.24, 2.45) is 11.8 Å². The maximum absolute atomic E-state index is 11.1. The Morgan fingerprint density at radius 3 is 1.97 bits per heavy atom. The molecule has 0 spiro atoms. The Hall–Kier alpha value is -0.472. The topological polar surface area (TPSA) is 171 Å². The van der Waals surface area contributed by atoms with Crippen molar-refractivity contribution in [1.82, 2.24) is 4.90 Å². The minimum Gasteiger partial charge on any atom is -0.677 e. The Bertz CT molecular complexity index is 467. The van der Waals surface area contributed by atoms with Gasteiger partial charge in [0.05, 0.1) is 12.3 Å². The van der Waals surface area contributed by atoms with E-state index >= 15 is 0 Å². The molecule has 1 saturated carbocycles. The summed E-state index contributed by atoms with van der Waals surface area (Å²) >= 11 is 0. The second-order valence-electron chi connectivity index (χ2n) is 6.34. The van der Waals surface area contributed by atoms with Gasteiger partial charge >= 0.3 is 41.3 Å². The van der Waals surface area contributed by atoms with Crippen LogP contribution in [0.25, 0.3) is 5.73 Å². The van der Waals surface area contributed by atoms with E-state index in [1.165, 1.54) is 12.8 Å². The number of carboxylic acid groups (broad SMARTS) is 2. The van der Waals surface area contributed by atoms with E-state index in [1.54, 1.807) is 0 Å². The van der Waals surface area contributed by atoms with E-state index in [9.17, 15) is 9.59 Å². The molecule has 0 aliphatic heterocycles. The van der Waals surface area contributed by atoms with E-state index in [0.29, 0.717) is 12.3 Å². The van der Waals surface area contributed by atoms with E-state index in [0.717, 1.165) is 19.5 Å². The van der Waals surface area contributed by atoms with Crippen LogP contribution in [0.3, 0.4) is 0 Å². The Labute approximate surface area is 189 Å². The smallest absolute Gasteiger partial charge is 0.677 e. The maximum atomic E-state index is 11.1. The molecule has 1 aliphatic carbocycles. The summed E-state index contributed by atoms with van der Waals surface area (Å²) < 4.78 is 11.6. The third-order valence-corrected chi connectivity index (χ3v) is 4.73. The first-order chi connectivity index (χ1) is 13.0. The summed E-state index contributed by atoms with van der Waals surface area (Å²) in [6, 6.07) is -0.0522. The first-order valence-electron chi connectivity index (χ1n) is 9.24. The average Bonchev–Trinajstić information content (AvgIpc) is 3.01. The summed E-state index contributed by atoms with van der Waals surface area (Å²) in [6.07, 6.45) is 3.81. The Morgan fingerprint density at radius 1 is 1.31 bits per heavy atom. The summed E-state index contributed by atoms with van der Waals surface area (Å²) in [5, 5.41) is 24.8. The first kappa shape index (κ1) is 33.2. The number of rotatable bonds is 9. The van der Waals surface area contributed by atoms with E-state index in [2.05, 4.69) is 11.6 Å². The molecule has 0 saturated heterocycles. The third kappa shape index (κ3) is 16.0. The number of carboxylic acids is 2. The van der Waals surface area contributed by atoms with Crippen LogP contribution in [0, 0.1) is 18.8 Å². The zero-order valence-electron chi connectivity index (χ0n) is 17.1. The fourth-order valence-electron chi connectivity index (χ4n) is 3.10. The van der Waals surface area contributed by atoms with Gasteiger partial charge in [-0.3, -0.25) is 9.59 Å². The molecule has 0 radical (unpaired) electrons. The quantitative estimate of drug-likeness (QED) is 0.152. The number of hydrogen-bond donors (Lipinski definition) is 3. The van der Waals surface area contributed by atoms with Gasteiger partial charge in [0.2, 0.25) is 0 Å². The predicted octanol–water partition coefficient (Wildman–Crippen LogP) is 3.06. The number of aliphatic carboxylic acids is 2. The summed E-state index contributed by atoms with van der Waals surface area (Å²) in [5.41, 5.74) is 7.28. The van der Waals surface area contributed by atoms with Gasteiger partial charge in [-0.25, -0.2) is 5.26 Å². The van der Waals surface area contributed by atoms with Gasteiger partial charge in [-0.05, 0) is 24.1 Å². The summed E-state index contributed by atoms with van der Waals surface area (Å²) in [5.74, 6) is -2.48. The standard InChI is InChI=1S/C11H21NO4.C6H11N.HO4P.Pt.H2/c1-4-9(12(5-2)6-3)8(11(15)16)7-10(13)14;1-5-3-2-4-6(5)7;1-4-5(2)3;;/h8-9H,4-7H2,1-3H3,(H,13,14)(H,15,16);5-7H,1-4H2;1H;;1H/q;-2;;+2;. The molecule has 5 atom stereocenters. The van der Waals surface area contributed by atoms with Crippen molar-refractivity contribution in [2.45, 2.75) is 65.0 Å². The molecule has 10 nitrogen and oxygen atoms in total. The summed E-state index contributed by atoms with van der Waals surface area (Å²) in [6.45, 7) is 11.1. The molecule has 0 aromatic heterocycles. The van der Waals surface area contributed by atoms with Gasteiger partial charge < -0.3 is 32.7 Å². The van der Waals surface area contributed by atoms with Gasteiger partial charge in [-0.2, -0.15) is 12.0 Å². The Balaban J connectivity index is -0.000000200. The maximum Gasteiger partial charge on any atom is 2.00 e. The van der Waals surface area contributed by atoms with Crippen molar-refractivity contribution in [2.75, 3.05) is 13.1 Å². The number of nitrogens with one attached hydrogen (secondary N) is 1. The normalized spacial score (nSPS) is 20.2. The monoisotopic (exact) mass is 621 g/mol. The molecule has 5 unspecified atom stereocenters. The van der Waals surface area contributed by atoms with Crippen LogP contribution in [-0.4, -0.2) is 57.5 Å². The molecule has 0 aromatic carbocycles. The minimum atomic E-state index is -3.04. The van der Waals surface area contributed by atoms with Crippen LogP contribution < -0.4 is 4.89 Å². The van der Waals surface area contributed by atoms with E-state index < -0.39 is 26.1 Å². The van der Waals surface area contributed by atoms with Crippen molar-refractivity contribution in [3.63, 3.8) is 0 Å². The SMILES string of the molecule is CCC(C(CC(=O)O)C(=O)O)N(CC)CC.O=[P+]([O-])OO.[CH2-]C1CCCC1[NH-].[HH].[Pt+2]. The van der Waals surface area contributed by atoms with Crippen molar-refractivity contribution >= 4 is 20.2 Å². The van der Waals surface area contributed by atoms with Gasteiger partial charge in [0.25, 0.3) is 0 Å². The molecule has 0 aromatic rings. The fraction of sp³-hybridized carbons (Fsp3) is 0.824. The molecule has 176 valence electrons. The second kappa shape index (κ2) is 19.5. The van der Waals surface area contributed by atoms with Gasteiger partial charge in [0, 0.05) is 12.1 Å². The first-order valence-corrected chi connectivity index (χ1v) is 10.3. The van der Waals surface area contributed by atoms with Crippen LogP contribution in [-0.2, 0) is 39.9 Å². The minimum absolute atomic E-state index is 0. The van der Waals surface area contributed by atoms with Crippen LogP contribution in [0.4, 0.5) is 0 Å². The molecular formula is C17H35N2O8PPt. The van der Waals surface area contributed by atoms with Gasteiger partial charge in [0.15, 0.2) is 0 Å². The molecule has 1 fully saturated rings. The molecule has 0 bridgehead atoms. The number of nitrogens with zero attached hydrogens (tertiary/aromatic N) is 1. The van der Waals surface area contributed by atoms with Crippen molar-refractivity contribution in [1.29, 1.82) is 0 Å².